The molecule has 0 amide bonds. The number of rotatable bonds is 2. The van der Waals surface area contributed by atoms with Crippen molar-refractivity contribution in [2.45, 2.75) is 4.90 Å². The lowest BCUT2D eigenvalue weighted by molar-refractivity contribution is -0.388. The highest BCUT2D eigenvalue weighted by atomic mass is 32.2. The van der Waals surface area contributed by atoms with Crippen molar-refractivity contribution in [1.29, 1.82) is 0 Å². The summed E-state index contributed by atoms with van der Waals surface area (Å²) in [4.78, 5) is 12.3. The maximum Gasteiger partial charge on any atom is 0.388 e. The predicted octanol–water partition coefficient (Wildman–Crippen LogP) is -0.781. The van der Waals surface area contributed by atoms with E-state index >= 15 is 0 Å². The molecule has 0 bridgehead atoms. The highest BCUT2D eigenvalue weighted by molar-refractivity contribution is 7.89. The summed E-state index contributed by atoms with van der Waals surface area (Å²) < 4.78 is 21.8. The zero-order valence-electron chi connectivity index (χ0n) is 6.75. The molecule has 1 rings (SSSR count). The number of hydrogen-bond donors (Lipinski definition) is 2. The molecule has 0 aliphatic carbocycles. The van der Waals surface area contributed by atoms with Crippen LogP contribution in [-0.4, -0.2) is 18.3 Å². The van der Waals surface area contributed by atoms with E-state index in [-0.39, 0.29) is 0 Å². The molecule has 76 valence electrons. The Morgan fingerprint density at radius 3 is 2.50 bits per heavy atom. The van der Waals surface area contributed by atoms with Crippen LogP contribution in [0.15, 0.2) is 17.2 Å². The first-order chi connectivity index (χ1) is 6.34. The molecular formula is C5H6N4O4S. The van der Waals surface area contributed by atoms with Crippen molar-refractivity contribution in [3.8, 4) is 0 Å². The van der Waals surface area contributed by atoms with Crippen molar-refractivity contribution in [3.63, 3.8) is 0 Å². The highest BCUT2D eigenvalue weighted by Crippen LogP contribution is 2.24. The zero-order chi connectivity index (χ0) is 10.9. The molecule has 9 heteroatoms. The molecule has 1 aromatic rings. The molecule has 14 heavy (non-hydrogen) atoms. The third-order valence-corrected chi connectivity index (χ3v) is 2.38. The number of aromatic nitrogens is 1. The molecule has 0 spiro atoms. The first-order valence-corrected chi connectivity index (χ1v) is 4.80. The Morgan fingerprint density at radius 1 is 1.50 bits per heavy atom. The Labute approximate surface area is 78.7 Å². The van der Waals surface area contributed by atoms with Crippen molar-refractivity contribution >= 4 is 21.5 Å². The third kappa shape index (κ3) is 1.78. The van der Waals surface area contributed by atoms with Crippen molar-refractivity contribution in [1.82, 2.24) is 4.98 Å². The Hall–Kier alpha value is -1.74. The Balaban J connectivity index is 3.51. The minimum Gasteiger partial charge on any atom is -0.391 e. The Bertz CT molecular complexity index is 483. The molecule has 0 unspecified atom stereocenters. The van der Waals surface area contributed by atoms with Gasteiger partial charge in [-0.15, -0.1) is 0 Å². The van der Waals surface area contributed by atoms with E-state index in [1.54, 1.807) is 0 Å². The molecule has 0 radical (unpaired) electrons. The first kappa shape index (κ1) is 10.3. The highest BCUT2D eigenvalue weighted by Gasteiger charge is 2.22. The molecule has 1 aromatic heterocycles. The largest absolute Gasteiger partial charge is 0.391 e. The van der Waals surface area contributed by atoms with E-state index in [9.17, 15) is 18.5 Å². The maximum absolute atomic E-state index is 10.9. The van der Waals surface area contributed by atoms with Crippen molar-refractivity contribution in [3.05, 3.63) is 22.4 Å². The van der Waals surface area contributed by atoms with Gasteiger partial charge in [-0.3, -0.25) is 0 Å². The lowest BCUT2D eigenvalue weighted by atomic mass is 10.4. The molecular weight excluding hydrogens is 212 g/mol. The van der Waals surface area contributed by atoms with Crippen LogP contribution < -0.4 is 10.9 Å². The predicted molar refractivity (Wildman–Crippen MR) is 46.7 cm³/mol. The monoisotopic (exact) mass is 218 g/mol. The van der Waals surface area contributed by atoms with Gasteiger partial charge in [0.05, 0.1) is 0 Å². The van der Waals surface area contributed by atoms with Crippen LogP contribution in [0.5, 0.6) is 0 Å². The van der Waals surface area contributed by atoms with E-state index in [0.717, 1.165) is 12.3 Å². The normalized spacial score (nSPS) is 11.2. The quantitative estimate of drug-likeness (QED) is 0.492. The SMILES string of the molecule is Nc1c(S(N)(=O)=O)ccnc1[N+](=O)[O-]. The van der Waals surface area contributed by atoms with Crippen LogP contribution in [0.4, 0.5) is 11.5 Å². The summed E-state index contributed by atoms with van der Waals surface area (Å²) in [6.45, 7) is 0. The maximum atomic E-state index is 10.9. The summed E-state index contributed by atoms with van der Waals surface area (Å²) in [7, 11) is -4.06. The van der Waals surface area contributed by atoms with Crippen LogP contribution in [0.25, 0.3) is 0 Å². The second-order valence-electron chi connectivity index (χ2n) is 2.35. The number of sulfonamides is 1. The molecule has 0 aliphatic heterocycles. The van der Waals surface area contributed by atoms with Crippen molar-refractivity contribution in [2.75, 3.05) is 5.73 Å². The van der Waals surface area contributed by atoms with E-state index in [4.69, 9.17) is 10.9 Å². The van der Waals surface area contributed by atoms with Gasteiger partial charge in [-0.05, 0) is 9.91 Å². The topological polar surface area (TPSA) is 142 Å². The van der Waals surface area contributed by atoms with Gasteiger partial charge in [-0.1, -0.05) is 0 Å². The van der Waals surface area contributed by atoms with Gasteiger partial charge in [0.2, 0.25) is 10.0 Å². The fourth-order valence-corrected chi connectivity index (χ4v) is 1.49. The van der Waals surface area contributed by atoms with Gasteiger partial charge in [0.25, 0.3) is 0 Å². The van der Waals surface area contributed by atoms with Gasteiger partial charge in [-0.25, -0.2) is 13.6 Å². The lowest BCUT2D eigenvalue weighted by Gasteiger charge is -2.01. The molecule has 0 atom stereocenters. The number of primary sulfonamides is 1. The molecule has 8 nitrogen and oxygen atoms in total. The molecule has 0 aliphatic rings. The smallest absolute Gasteiger partial charge is 0.388 e. The van der Waals surface area contributed by atoms with Crippen LogP contribution in [0.1, 0.15) is 0 Å². The van der Waals surface area contributed by atoms with Crippen LogP contribution in [0.2, 0.25) is 0 Å². The summed E-state index contributed by atoms with van der Waals surface area (Å²) >= 11 is 0. The second-order valence-corrected chi connectivity index (χ2v) is 3.88. The van der Waals surface area contributed by atoms with E-state index in [2.05, 4.69) is 4.98 Å². The van der Waals surface area contributed by atoms with E-state index in [1.807, 2.05) is 0 Å². The number of pyridine rings is 1. The van der Waals surface area contributed by atoms with E-state index < -0.39 is 31.3 Å². The van der Waals surface area contributed by atoms with Gasteiger partial charge in [-0.2, -0.15) is 0 Å². The average Bonchev–Trinajstić information content (AvgIpc) is 2.01. The lowest BCUT2D eigenvalue weighted by Crippen LogP contribution is -2.15. The molecule has 0 saturated heterocycles. The summed E-state index contributed by atoms with van der Waals surface area (Å²) in [5, 5.41) is 15.1. The average molecular weight is 218 g/mol. The summed E-state index contributed by atoms with van der Waals surface area (Å²) in [5.41, 5.74) is 4.65. The van der Waals surface area contributed by atoms with Crippen LogP contribution in [-0.2, 0) is 10.0 Å². The fourth-order valence-electron chi connectivity index (χ4n) is 0.839. The number of nitrogens with zero attached hydrogens (tertiary/aromatic N) is 2. The summed E-state index contributed by atoms with van der Waals surface area (Å²) in [6, 6.07) is 0.998. The van der Waals surface area contributed by atoms with Crippen molar-refractivity contribution in [2.24, 2.45) is 5.14 Å². The standard InChI is InChI=1S/C5H6N4O4S/c6-4-3(14(7,12)13)1-2-8-5(4)9(10)11/h1-2H,6H2,(H2,7,12,13). The first-order valence-electron chi connectivity index (χ1n) is 3.25. The van der Waals surface area contributed by atoms with Crippen LogP contribution >= 0.6 is 0 Å². The van der Waals surface area contributed by atoms with Gasteiger partial charge < -0.3 is 15.8 Å². The molecule has 0 fully saturated rings. The molecule has 4 N–H and O–H groups in total. The molecule has 1 heterocycles. The van der Waals surface area contributed by atoms with Gasteiger partial charge in [0, 0.05) is 6.07 Å². The Kier molecular flexibility index (Phi) is 2.36. The minimum atomic E-state index is -4.06. The number of hydrogen-bond acceptors (Lipinski definition) is 6. The number of nitrogens with two attached hydrogens (primary N) is 2. The van der Waals surface area contributed by atoms with Gasteiger partial charge in [0.1, 0.15) is 11.1 Å². The summed E-state index contributed by atoms with van der Waals surface area (Å²) in [6.07, 6.45) is 0.953. The van der Waals surface area contributed by atoms with Gasteiger partial charge >= 0.3 is 5.82 Å². The summed E-state index contributed by atoms with van der Waals surface area (Å²) in [5.74, 6) is -0.725. The number of nitrogen functional groups attached to an aromatic ring is 1. The zero-order valence-corrected chi connectivity index (χ0v) is 7.56. The number of anilines is 1. The van der Waals surface area contributed by atoms with Gasteiger partial charge in [0.15, 0.2) is 5.69 Å². The van der Waals surface area contributed by atoms with E-state index in [1.165, 1.54) is 0 Å². The third-order valence-electron chi connectivity index (χ3n) is 1.41. The molecule has 0 aromatic carbocycles. The van der Waals surface area contributed by atoms with Crippen LogP contribution in [0, 0.1) is 10.1 Å². The molecule has 0 saturated carbocycles. The van der Waals surface area contributed by atoms with Crippen molar-refractivity contribution < 1.29 is 13.3 Å². The Morgan fingerprint density at radius 2 is 2.07 bits per heavy atom. The van der Waals surface area contributed by atoms with Crippen LogP contribution in [0.3, 0.4) is 0 Å². The van der Waals surface area contributed by atoms with E-state index in [0.29, 0.717) is 0 Å². The number of nitro groups is 1. The second kappa shape index (κ2) is 3.20. The minimum absolute atomic E-state index is 0.501. The fraction of sp³-hybridized carbons (Fsp3) is 0.